The number of rotatable bonds is 10. The third kappa shape index (κ3) is 6.66. The van der Waals surface area contributed by atoms with Gasteiger partial charge in [0.1, 0.15) is 5.75 Å². The highest BCUT2D eigenvalue weighted by Gasteiger charge is 2.32. The van der Waals surface area contributed by atoms with Crippen LogP contribution in [0, 0.1) is 6.92 Å². The predicted molar refractivity (Wildman–Crippen MR) is 129 cm³/mol. The number of sulfonamides is 1. The summed E-state index contributed by atoms with van der Waals surface area (Å²) in [5, 5.41) is 12.7. The third-order valence-corrected chi connectivity index (χ3v) is 8.68. The van der Waals surface area contributed by atoms with E-state index < -0.39 is 15.6 Å². The summed E-state index contributed by atoms with van der Waals surface area (Å²) in [6.07, 6.45) is 4.95. The number of hydrogen-bond acceptors (Lipinski definition) is 8. The molecule has 8 nitrogen and oxygen atoms in total. The smallest absolute Gasteiger partial charge is 0.263 e. The molecule has 0 amide bonds. The highest BCUT2D eigenvalue weighted by molar-refractivity contribution is 7.93. The van der Waals surface area contributed by atoms with Crippen molar-refractivity contribution in [3.8, 4) is 5.75 Å². The Bertz CT molecular complexity index is 1030. The maximum Gasteiger partial charge on any atom is 0.263 e. The number of morpholine rings is 1. The molecular weight excluding hydrogens is 462 g/mol. The standard InChI is InChI=1S/C23H33N3O5S2/c1-18-15-20(31-12-4-9-26-10-13-30-14-11-26)5-6-21(18)33(28,29)25-22-24-19(17-32-22)16-23(27)7-2-3-8-23/h5-6,15,17,27H,2-4,7-14,16H2,1H3,(H,24,25). The average molecular weight is 496 g/mol. The number of thiazole rings is 1. The molecule has 2 fully saturated rings. The molecule has 1 aromatic heterocycles. The SMILES string of the molecule is Cc1cc(OCCCN2CCOCC2)ccc1S(=O)(=O)Nc1nc(CC2(O)CCCC2)cs1. The Balaban J connectivity index is 1.31. The molecule has 33 heavy (non-hydrogen) atoms. The first-order chi connectivity index (χ1) is 15.8. The first kappa shape index (κ1) is 24.4. The average Bonchev–Trinajstić information content (AvgIpc) is 3.40. The van der Waals surface area contributed by atoms with Gasteiger partial charge in [-0.1, -0.05) is 12.8 Å². The van der Waals surface area contributed by atoms with E-state index in [0.717, 1.165) is 70.6 Å². The van der Waals surface area contributed by atoms with Crippen molar-refractivity contribution in [1.29, 1.82) is 0 Å². The molecule has 2 aromatic rings. The molecule has 1 saturated heterocycles. The van der Waals surface area contributed by atoms with Gasteiger partial charge >= 0.3 is 0 Å². The van der Waals surface area contributed by atoms with Gasteiger partial charge in [0.25, 0.3) is 10.0 Å². The maximum atomic E-state index is 12.9. The third-order valence-electron chi connectivity index (χ3n) is 6.24. The Kier molecular flexibility index (Phi) is 7.91. The molecule has 2 N–H and O–H groups in total. The first-order valence-corrected chi connectivity index (χ1v) is 13.9. The highest BCUT2D eigenvalue weighted by Crippen LogP contribution is 2.33. The molecule has 4 rings (SSSR count). The fourth-order valence-electron chi connectivity index (χ4n) is 4.47. The van der Waals surface area contributed by atoms with Crippen molar-refractivity contribution in [2.45, 2.75) is 55.9 Å². The van der Waals surface area contributed by atoms with Gasteiger partial charge in [-0.25, -0.2) is 13.4 Å². The summed E-state index contributed by atoms with van der Waals surface area (Å²) in [5.41, 5.74) is 0.628. The largest absolute Gasteiger partial charge is 0.494 e. The van der Waals surface area contributed by atoms with E-state index in [2.05, 4.69) is 14.6 Å². The second kappa shape index (κ2) is 10.7. The lowest BCUT2D eigenvalue weighted by Crippen LogP contribution is -2.37. The van der Waals surface area contributed by atoms with Crippen LogP contribution in [0.15, 0.2) is 28.5 Å². The van der Waals surface area contributed by atoms with E-state index in [4.69, 9.17) is 9.47 Å². The highest BCUT2D eigenvalue weighted by atomic mass is 32.2. The summed E-state index contributed by atoms with van der Waals surface area (Å²) in [5.74, 6) is 0.662. The van der Waals surface area contributed by atoms with Gasteiger partial charge < -0.3 is 14.6 Å². The minimum Gasteiger partial charge on any atom is -0.494 e. The van der Waals surface area contributed by atoms with Crippen LogP contribution in [0.1, 0.15) is 43.4 Å². The summed E-state index contributed by atoms with van der Waals surface area (Å²) in [6, 6.07) is 5.02. The molecule has 0 atom stereocenters. The monoisotopic (exact) mass is 495 g/mol. The minimum atomic E-state index is -3.77. The molecule has 10 heteroatoms. The van der Waals surface area contributed by atoms with Gasteiger partial charge in [0, 0.05) is 31.4 Å². The van der Waals surface area contributed by atoms with Gasteiger partial charge in [-0.3, -0.25) is 9.62 Å². The van der Waals surface area contributed by atoms with Crippen molar-refractivity contribution in [2.75, 3.05) is 44.2 Å². The summed E-state index contributed by atoms with van der Waals surface area (Å²) < 4.78 is 39.6. The number of aromatic nitrogens is 1. The minimum absolute atomic E-state index is 0.203. The van der Waals surface area contributed by atoms with Gasteiger partial charge in [-0.15, -0.1) is 11.3 Å². The molecule has 1 aliphatic heterocycles. The number of benzene rings is 1. The quantitative estimate of drug-likeness (QED) is 0.488. The Morgan fingerprint density at radius 1 is 1.27 bits per heavy atom. The lowest BCUT2D eigenvalue weighted by Gasteiger charge is -2.26. The maximum absolute atomic E-state index is 12.9. The van der Waals surface area contributed by atoms with Crippen molar-refractivity contribution in [3.05, 3.63) is 34.8 Å². The van der Waals surface area contributed by atoms with Crippen LogP contribution in [0.2, 0.25) is 0 Å². The Labute approximate surface area is 200 Å². The summed E-state index contributed by atoms with van der Waals surface area (Å²) in [4.78, 5) is 6.96. The first-order valence-electron chi connectivity index (χ1n) is 11.6. The second-order valence-electron chi connectivity index (χ2n) is 8.94. The van der Waals surface area contributed by atoms with E-state index in [1.54, 1.807) is 25.1 Å². The molecule has 0 bridgehead atoms. The number of anilines is 1. The van der Waals surface area contributed by atoms with Gasteiger partial charge in [0.2, 0.25) is 0 Å². The fourth-order valence-corrected chi connectivity index (χ4v) is 6.66. The number of nitrogens with zero attached hydrogens (tertiary/aromatic N) is 2. The molecule has 0 unspecified atom stereocenters. The van der Waals surface area contributed by atoms with Crippen LogP contribution < -0.4 is 9.46 Å². The zero-order valence-corrected chi connectivity index (χ0v) is 20.7. The molecular formula is C23H33N3O5S2. The molecule has 0 spiro atoms. The van der Waals surface area contributed by atoms with Crippen molar-refractivity contribution in [1.82, 2.24) is 9.88 Å². The summed E-state index contributed by atoms with van der Waals surface area (Å²) >= 11 is 1.24. The summed E-state index contributed by atoms with van der Waals surface area (Å²) in [7, 11) is -3.77. The molecule has 1 aromatic carbocycles. The van der Waals surface area contributed by atoms with E-state index in [-0.39, 0.29) is 4.90 Å². The van der Waals surface area contributed by atoms with Gasteiger partial charge in [0.15, 0.2) is 5.13 Å². The predicted octanol–water partition coefficient (Wildman–Crippen LogP) is 3.20. The van der Waals surface area contributed by atoms with E-state index in [1.807, 2.05) is 5.38 Å². The van der Waals surface area contributed by atoms with Gasteiger partial charge in [-0.2, -0.15) is 0 Å². The van der Waals surface area contributed by atoms with Crippen molar-refractivity contribution in [2.24, 2.45) is 0 Å². The Morgan fingerprint density at radius 3 is 2.76 bits per heavy atom. The fraction of sp³-hybridized carbons (Fsp3) is 0.609. The molecule has 2 aliphatic rings. The zero-order chi connectivity index (χ0) is 23.3. The Hall–Kier alpha value is -1.72. The van der Waals surface area contributed by atoms with Gasteiger partial charge in [-0.05, 0) is 49.9 Å². The van der Waals surface area contributed by atoms with Crippen LogP contribution in [-0.2, 0) is 21.2 Å². The van der Waals surface area contributed by atoms with Crippen molar-refractivity contribution >= 4 is 26.5 Å². The van der Waals surface area contributed by atoms with Gasteiger partial charge in [0.05, 0.1) is 36.0 Å². The zero-order valence-electron chi connectivity index (χ0n) is 19.1. The number of aryl methyl sites for hydroxylation is 1. The number of nitrogens with one attached hydrogen (secondary N) is 1. The normalized spacial score (nSPS) is 19.0. The molecule has 1 aliphatic carbocycles. The number of ether oxygens (including phenoxy) is 2. The van der Waals surface area contributed by atoms with Crippen LogP contribution >= 0.6 is 11.3 Å². The lowest BCUT2D eigenvalue weighted by atomic mass is 9.97. The lowest BCUT2D eigenvalue weighted by molar-refractivity contribution is 0.0358. The van der Waals surface area contributed by atoms with Crippen molar-refractivity contribution in [3.63, 3.8) is 0 Å². The van der Waals surface area contributed by atoms with E-state index >= 15 is 0 Å². The van der Waals surface area contributed by atoms with Crippen molar-refractivity contribution < 1.29 is 23.0 Å². The number of aliphatic hydroxyl groups is 1. The van der Waals surface area contributed by atoms with E-state index in [0.29, 0.717) is 29.5 Å². The topological polar surface area (TPSA) is 101 Å². The Morgan fingerprint density at radius 2 is 2.03 bits per heavy atom. The second-order valence-corrected chi connectivity index (χ2v) is 11.4. The van der Waals surface area contributed by atoms with Crippen LogP contribution in [0.4, 0.5) is 5.13 Å². The molecule has 1 saturated carbocycles. The van der Waals surface area contributed by atoms with Crippen LogP contribution in [-0.4, -0.2) is 68.5 Å². The molecule has 0 radical (unpaired) electrons. The van der Waals surface area contributed by atoms with E-state index in [1.165, 1.54) is 11.3 Å². The van der Waals surface area contributed by atoms with E-state index in [9.17, 15) is 13.5 Å². The van der Waals surface area contributed by atoms with Crippen LogP contribution in [0.25, 0.3) is 0 Å². The summed E-state index contributed by atoms with van der Waals surface area (Å²) in [6.45, 7) is 6.79. The molecule has 182 valence electrons. The van der Waals surface area contributed by atoms with Crippen LogP contribution in [0.5, 0.6) is 5.75 Å². The molecule has 2 heterocycles. The number of hydrogen-bond donors (Lipinski definition) is 2. The van der Waals surface area contributed by atoms with Crippen LogP contribution in [0.3, 0.4) is 0 Å².